The summed E-state index contributed by atoms with van der Waals surface area (Å²) >= 11 is 0. The number of nitrogens with one attached hydrogen (secondary N) is 1. The Labute approximate surface area is 159 Å². The minimum Gasteiger partial charge on any atom is -0.279 e. The van der Waals surface area contributed by atoms with Gasteiger partial charge >= 0.3 is 0 Å². The van der Waals surface area contributed by atoms with Crippen LogP contribution < -0.4 is 4.72 Å². The van der Waals surface area contributed by atoms with E-state index >= 15 is 0 Å². The molecule has 27 heavy (non-hydrogen) atoms. The number of para-hydroxylation sites is 1. The van der Waals surface area contributed by atoms with Crippen molar-refractivity contribution >= 4 is 21.3 Å². The first-order valence-corrected chi connectivity index (χ1v) is 9.84. The Morgan fingerprint density at radius 2 is 1.56 bits per heavy atom. The van der Waals surface area contributed by atoms with E-state index in [4.69, 9.17) is 0 Å². The SMILES string of the molecule is Cc1ccc(S(=O)(=O)Nc2ccccc2/C(=C/C#N)c2ccccc2)cc1. The second-order valence-electron chi connectivity index (χ2n) is 6.02. The quantitative estimate of drug-likeness (QED) is 0.655. The summed E-state index contributed by atoms with van der Waals surface area (Å²) in [5, 5.41) is 9.22. The first-order chi connectivity index (χ1) is 13.0. The molecule has 0 fully saturated rings. The Hall–Kier alpha value is -3.36. The minimum atomic E-state index is -3.74. The van der Waals surface area contributed by atoms with E-state index in [1.165, 1.54) is 6.08 Å². The van der Waals surface area contributed by atoms with E-state index in [0.717, 1.165) is 11.1 Å². The van der Waals surface area contributed by atoms with E-state index in [2.05, 4.69) is 10.8 Å². The third-order valence-electron chi connectivity index (χ3n) is 4.09. The zero-order valence-electron chi connectivity index (χ0n) is 14.8. The lowest BCUT2D eigenvalue weighted by molar-refractivity contribution is 0.601. The average Bonchev–Trinajstić information content (AvgIpc) is 2.67. The molecule has 0 unspecified atom stereocenters. The molecule has 0 amide bonds. The smallest absolute Gasteiger partial charge is 0.261 e. The fourth-order valence-electron chi connectivity index (χ4n) is 2.73. The molecule has 0 heterocycles. The molecule has 4 nitrogen and oxygen atoms in total. The van der Waals surface area contributed by atoms with Crippen molar-refractivity contribution in [2.75, 3.05) is 4.72 Å². The lowest BCUT2D eigenvalue weighted by Crippen LogP contribution is -2.14. The molecule has 3 aromatic carbocycles. The van der Waals surface area contributed by atoms with Gasteiger partial charge in [-0.25, -0.2) is 8.42 Å². The topological polar surface area (TPSA) is 70.0 Å². The standard InChI is InChI=1S/C22H18N2O2S/c1-17-11-13-19(14-12-17)27(25,26)24-22-10-6-5-9-21(22)20(15-16-23)18-7-3-2-4-8-18/h2-15,24H,1H3/b20-15+. The normalized spacial score (nSPS) is 11.6. The van der Waals surface area contributed by atoms with Crippen molar-refractivity contribution in [3.05, 3.63) is 102 Å². The van der Waals surface area contributed by atoms with Crippen molar-refractivity contribution in [2.24, 2.45) is 0 Å². The summed E-state index contributed by atoms with van der Waals surface area (Å²) < 4.78 is 28.2. The number of allylic oxidation sites excluding steroid dienone is 1. The Kier molecular flexibility index (Phi) is 5.39. The number of hydrogen-bond acceptors (Lipinski definition) is 3. The van der Waals surface area contributed by atoms with Crippen LogP contribution in [0.4, 0.5) is 5.69 Å². The second-order valence-corrected chi connectivity index (χ2v) is 7.70. The van der Waals surface area contributed by atoms with Gasteiger partial charge in [-0.3, -0.25) is 4.72 Å². The molecule has 0 bridgehead atoms. The zero-order chi connectivity index (χ0) is 19.3. The lowest BCUT2D eigenvalue weighted by Gasteiger charge is -2.15. The predicted octanol–water partition coefficient (Wildman–Crippen LogP) is 4.75. The van der Waals surface area contributed by atoms with Crippen LogP contribution in [0.25, 0.3) is 5.57 Å². The highest BCUT2D eigenvalue weighted by molar-refractivity contribution is 7.92. The van der Waals surface area contributed by atoms with E-state index in [-0.39, 0.29) is 4.90 Å². The van der Waals surface area contributed by atoms with E-state index in [1.807, 2.05) is 43.3 Å². The average molecular weight is 374 g/mol. The van der Waals surface area contributed by atoms with Gasteiger partial charge in [0.2, 0.25) is 0 Å². The highest BCUT2D eigenvalue weighted by atomic mass is 32.2. The first kappa shape index (κ1) is 18.4. The molecule has 0 aromatic heterocycles. The third-order valence-corrected chi connectivity index (χ3v) is 5.47. The highest BCUT2D eigenvalue weighted by Gasteiger charge is 2.17. The Morgan fingerprint density at radius 1 is 0.926 bits per heavy atom. The van der Waals surface area contributed by atoms with E-state index < -0.39 is 10.0 Å². The molecule has 3 rings (SSSR count). The number of rotatable bonds is 5. The van der Waals surface area contributed by atoms with Crippen molar-refractivity contribution in [3.8, 4) is 6.07 Å². The van der Waals surface area contributed by atoms with Gasteiger partial charge in [-0.1, -0.05) is 66.2 Å². The number of nitriles is 1. The number of sulfonamides is 1. The summed E-state index contributed by atoms with van der Waals surface area (Å²) in [7, 11) is -3.74. The maximum atomic E-state index is 12.8. The van der Waals surface area contributed by atoms with Gasteiger partial charge < -0.3 is 0 Å². The second kappa shape index (κ2) is 7.90. The Morgan fingerprint density at radius 3 is 2.22 bits per heavy atom. The summed E-state index contributed by atoms with van der Waals surface area (Å²) in [6.45, 7) is 1.90. The number of anilines is 1. The summed E-state index contributed by atoms with van der Waals surface area (Å²) in [6, 6.07) is 25.2. The van der Waals surface area contributed by atoms with Crippen molar-refractivity contribution < 1.29 is 8.42 Å². The summed E-state index contributed by atoms with van der Waals surface area (Å²) in [4.78, 5) is 0.188. The fourth-order valence-corrected chi connectivity index (χ4v) is 3.81. The van der Waals surface area contributed by atoms with Gasteiger partial charge in [0.05, 0.1) is 16.7 Å². The molecule has 0 aliphatic carbocycles. The van der Waals surface area contributed by atoms with Crippen molar-refractivity contribution in [2.45, 2.75) is 11.8 Å². The van der Waals surface area contributed by atoms with Gasteiger partial charge in [0.25, 0.3) is 10.0 Å². The number of aryl methyl sites for hydroxylation is 1. The van der Waals surface area contributed by atoms with Gasteiger partial charge in [0.1, 0.15) is 0 Å². The number of nitrogens with zero attached hydrogens (tertiary/aromatic N) is 1. The van der Waals surface area contributed by atoms with E-state index in [0.29, 0.717) is 16.8 Å². The van der Waals surface area contributed by atoms with Crippen LogP contribution in [-0.4, -0.2) is 8.42 Å². The van der Waals surface area contributed by atoms with E-state index in [9.17, 15) is 13.7 Å². The van der Waals surface area contributed by atoms with Gasteiger partial charge in [0, 0.05) is 17.2 Å². The third kappa shape index (κ3) is 4.25. The molecule has 0 spiro atoms. The molecule has 0 saturated carbocycles. The molecule has 1 N–H and O–H groups in total. The molecule has 0 atom stereocenters. The van der Waals surface area contributed by atoms with Crippen LogP contribution in [-0.2, 0) is 10.0 Å². The molecule has 0 radical (unpaired) electrons. The predicted molar refractivity (Wildman–Crippen MR) is 108 cm³/mol. The molecular formula is C22H18N2O2S. The summed E-state index contributed by atoms with van der Waals surface area (Å²) in [5.41, 5.74) is 3.53. The van der Waals surface area contributed by atoms with Crippen molar-refractivity contribution in [1.82, 2.24) is 0 Å². The van der Waals surface area contributed by atoms with Gasteiger partial charge in [-0.05, 0) is 30.7 Å². The highest BCUT2D eigenvalue weighted by Crippen LogP contribution is 2.30. The Balaban J connectivity index is 2.05. The summed E-state index contributed by atoms with van der Waals surface area (Å²) in [6.07, 6.45) is 1.42. The Bertz CT molecular complexity index is 1110. The van der Waals surface area contributed by atoms with Crippen LogP contribution in [0.3, 0.4) is 0 Å². The molecular weight excluding hydrogens is 356 g/mol. The monoisotopic (exact) mass is 374 g/mol. The van der Waals surface area contributed by atoms with Gasteiger partial charge in [-0.2, -0.15) is 5.26 Å². The lowest BCUT2D eigenvalue weighted by atomic mass is 9.96. The molecule has 5 heteroatoms. The van der Waals surface area contributed by atoms with Gasteiger partial charge in [0.15, 0.2) is 0 Å². The number of hydrogen-bond donors (Lipinski definition) is 1. The van der Waals surface area contributed by atoms with Crippen molar-refractivity contribution in [3.63, 3.8) is 0 Å². The van der Waals surface area contributed by atoms with Crippen LogP contribution in [0, 0.1) is 18.3 Å². The zero-order valence-corrected chi connectivity index (χ0v) is 15.6. The van der Waals surface area contributed by atoms with E-state index in [1.54, 1.807) is 42.5 Å². The first-order valence-electron chi connectivity index (χ1n) is 8.35. The molecule has 134 valence electrons. The molecule has 0 aliphatic rings. The van der Waals surface area contributed by atoms with Crippen LogP contribution in [0.2, 0.25) is 0 Å². The molecule has 3 aromatic rings. The molecule has 0 aliphatic heterocycles. The maximum Gasteiger partial charge on any atom is 0.261 e. The summed E-state index contributed by atoms with van der Waals surface area (Å²) in [5.74, 6) is 0. The molecule has 0 saturated heterocycles. The fraction of sp³-hybridized carbons (Fsp3) is 0.0455. The van der Waals surface area contributed by atoms with Crippen LogP contribution in [0.15, 0.2) is 89.8 Å². The van der Waals surface area contributed by atoms with Gasteiger partial charge in [-0.15, -0.1) is 0 Å². The van der Waals surface area contributed by atoms with Crippen molar-refractivity contribution in [1.29, 1.82) is 5.26 Å². The van der Waals surface area contributed by atoms with Crippen LogP contribution >= 0.6 is 0 Å². The van der Waals surface area contributed by atoms with Crippen LogP contribution in [0.5, 0.6) is 0 Å². The maximum absolute atomic E-state index is 12.8. The number of benzene rings is 3. The minimum absolute atomic E-state index is 0.188. The largest absolute Gasteiger partial charge is 0.279 e. The van der Waals surface area contributed by atoms with Crippen LogP contribution in [0.1, 0.15) is 16.7 Å².